The Kier molecular flexibility index (Phi) is 4.92. The van der Waals surface area contributed by atoms with Crippen LogP contribution in [-0.4, -0.2) is 55.0 Å². The number of sulfonamides is 1. The van der Waals surface area contributed by atoms with Crippen molar-refractivity contribution in [3.63, 3.8) is 0 Å². The predicted molar refractivity (Wildman–Crippen MR) is 147 cm³/mol. The average molecular weight is 536 g/mol. The SMILES string of the molecule is [2H]c1nc(Nc2ccc(OC([2H])([2H])C([2H])([2H])N3CCCC3)cc2)nc(Nc2cccc(S(=O)(=O)NC(C)(C([2H])([2H])[2H])C([2H])([2H])[2H])c2)c1C. The maximum absolute atomic E-state index is 13.2. The van der Waals surface area contributed by atoms with Crippen molar-refractivity contribution in [2.75, 3.05) is 36.8 Å². The summed E-state index contributed by atoms with van der Waals surface area (Å²) in [5, 5.41) is 5.85. The van der Waals surface area contributed by atoms with Gasteiger partial charge in [0, 0.05) is 46.1 Å². The topological polar surface area (TPSA) is 108 Å². The predicted octanol–water partition coefficient (Wildman–Crippen LogP) is 4.82. The van der Waals surface area contributed by atoms with Crippen LogP contribution in [0, 0.1) is 6.92 Å². The minimum Gasteiger partial charge on any atom is -0.492 e. The number of hydrogen-bond donors (Lipinski definition) is 3. The van der Waals surface area contributed by atoms with Crippen LogP contribution in [0.5, 0.6) is 5.75 Å². The Labute approximate surface area is 235 Å². The fourth-order valence-corrected chi connectivity index (χ4v) is 4.69. The number of aromatic nitrogens is 2. The van der Waals surface area contributed by atoms with E-state index in [2.05, 4.69) is 20.6 Å². The molecule has 37 heavy (non-hydrogen) atoms. The minimum absolute atomic E-state index is 0.0148. The van der Waals surface area contributed by atoms with Crippen LogP contribution in [0.1, 0.15) is 54.1 Å². The zero-order chi connectivity index (χ0) is 35.9. The molecule has 9 nitrogen and oxygen atoms in total. The van der Waals surface area contributed by atoms with E-state index in [1.165, 1.54) is 47.4 Å². The quantitative estimate of drug-likeness (QED) is 0.339. The highest BCUT2D eigenvalue weighted by molar-refractivity contribution is 7.89. The molecule has 1 aromatic heterocycles. The first-order valence-electron chi connectivity index (χ1n) is 17.0. The minimum atomic E-state index is -4.64. The largest absolute Gasteiger partial charge is 0.492 e. The fraction of sp³-hybridized carbons (Fsp3) is 0.407. The molecule has 0 amide bonds. The molecule has 0 saturated carbocycles. The highest BCUT2D eigenvalue weighted by Crippen LogP contribution is 2.24. The van der Waals surface area contributed by atoms with Gasteiger partial charge in [-0.2, -0.15) is 4.98 Å². The maximum Gasteiger partial charge on any atom is 0.241 e. The third-order valence-electron chi connectivity index (χ3n) is 5.24. The molecule has 10 heteroatoms. The van der Waals surface area contributed by atoms with Gasteiger partial charge < -0.3 is 15.4 Å². The van der Waals surface area contributed by atoms with Gasteiger partial charge in [-0.05, 0) is 95.9 Å². The van der Waals surface area contributed by atoms with Crippen molar-refractivity contribution in [3.05, 3.63) is 60.3 Å². The number of nitrogens with one attached hydrogen (secondary N) is 3. The molecule has 4 rings (SSSR count). The summed E-state index contributed by atoms with van der Waals surface area (Å²) in [5.74, 6) is 0.204. The van der Waals surface area contributed by atoms with Gasteiger partial charge in [-0.15, -0.1) is 0 Å². The zero-order valence-corrected chi connectivity index (χ0v) is 21.2. The van der Waals surface area contributed by atoms with E-state index in [-0.39, 0.29) is 29.4 Å². The summed E-state index contributed by atoms with van der Waals surface area (Å²) in [6.45, 7) is -8.14. The van der Waals surface area contributed by atoms with Gasteiger partial charge in [0.15, 0.2) is 0 Å². The van der Waals surface area contributed by atoms with Crippen molar-refractivity contribution >= 4 is 33.2 Å². The highest BCUT2D eigenvalue weighted by Gasteiger charge is 2.22. The van der Waals surface area contributed by atoms with E-state index in [0.717, 1.165) is 25.8 Å². The molecule has 1 aliphatic rings. The maximum atomic E-state index is 13.2. The zero-order valence-electron chi connectivity index (χ0n) is 31.4. The molecule has 0 spiro atoms. The number of nitrogens with zero attached hydrogens (tertiary/aromatic N) is 3. The Morgan fingerprint density at radius 2 is 1.89 bits per heavy atom. The van der Waals surface area contributed by atoms with Gasteiger partial charge in [0.05, 0.1) is 9.01 Å². The molecule has 1 saturated heterocycles. The van der Waals surface area contributed by atoms with Crippen LogP contribution in [0.3, 0.4) is 0 Å². The summed E-state index contributed by atoms with van der Waals surface area (Å²) in [6, 6.07) is 11.1. The second kappa shape index (κ2) is 11.5. The summed E-state index contributed by atoms with van der Waals surface area (Å²) in [6.07, 6.45) is 1.40. The van der Waals surface area contributed by atoms with Crippen LogP contribution < -0.4 is 20.1 Å². The van der Waals surface area contributed by atoms with E-state index >= 15 is 0 Å². The van der Waals surface area contributed by atoms with Gasteiger partial charge in [-0.25, -0.2) is 18.1 Å². The van der Waals surface area contributed by atoms with Crippen LogP contribution in [0.4, 0.5) is 23.1 Å². The molecule has 198 valence electrons. The van der Waals surface area contributed by atoms with Crippen LogP contribution in [0.15, 0.2) is 59.6 Å². The molecule has 0 atom stereocenters. The van der Waals surface area contributed by atoms with E-state index in [0.29, 0.717) is 24.3 Å². The normalized spacial score (nSPS) is 20.3. The van der Waals surface area contributed by atoms with Gasteiger partial charge in [-0.3, -0.25) is 4.90 Å². The Morgan fingerprint density at radius 3 is 2.62 bits per heavy atom. The van der Waals surface area contributed by atoms with Crippen molar-refractivity contribution in [2.45, 2.75) is 50.8 Å². The lowest BCUT2D eigenvalue weighted by Gasteiger charge is -2.20. The fourth-order valence-electron chi connectivity index (χ4n) is 3.50. The summed E-state index contributed by atoms with van der Waals surface area (Å²) in [7, 11) is -4.64. The average Bonchev–Trinajstić information content (AvgIpc) is 3.51. The Morgan fingerprint density at radius 1 is 1.14 bits per heavy atom. The summed E-state index contributed by atoms with van der Waals surface area (Å²) in [4.78, 5) is 9.51. The van der Waals surface area contributed by atoms with Crippen molar-refractivity contribution < 1.29 is 28.2 Å². The third kappa shape index (κ3) is 7.88. The van der Waals surface area contributed by atoms with Crippen molar-refractivity contribution in [1.82, 2.24) is 19.6 Å². The molecule has 0 aliphatic carbocycles. The first-order valence-corrected chi connectivity index (χ1v) is 13.0. The standard InChI is InChI=1S/C27H36N6O3S/c1-20-19-28-26(30-21-10-12-23(13-11-21)36-17-16-33-14-5-6-15-33)31-25(20)29-22-8-7-9-24(18-22)37(34,35)32-27(2,3)4/h7-13,18-19,32H,5-6,14-17H2,1-4H3,(H2,28,29,30,31)/i2D3,3D3,16D2,17D2,19D. The number of benzene rings is 2. The number of anilines is 4. The molecular formula is C27H36N6O3S. The van der Waals surface area contributed by atoms with E-state index in [4.69, 9.17) is 19.8 Å². The van der Waals surface area contributed by atoms with E-state index in [9.17, 15) is 8.42 Å². The first-order chi connectivity index (χ1) is 22.0. The van der Waals surface area contributed by atoms with Crippen LogP contribution in [-0.2, 0) is 10.0 Å². The van der Waals surface area contributed by atoms with Crippen molar-refractivity contribution in [1.29, 1.82) is 0 Å². The van der Waals surface area contributed by atoms with E-state index in [1.54, 1.807) is 6.92 Å². The molecule has 2 aromatic carbocycles. The van der Waals surface area contributed by atoms with Crippen LogP contribution in [0.2, 0.25) is 0 Å². The van der Waals surface area contributed by atoms with Crippen molar-refractivity contribution in [2.24, 2.45) is 0 Å². The second-order valence-electron chi connectivity index (χ2n) is 8.68. The molecule has 3 aromatic rings. The first kappa shape index (κ1) is 15.9. The number of rotatable bonds is 10. The lowest BCUT2D eigenvalue weighted by molar-refractivity contribution is 0.238. The Bertz CT molecular complexity index is 1720. The molecule has 0 radical (unpaired) electrons. The van der Waals surface area contributed by atoms with Crippen LogP contribution >= 0.6 is 0 Å². The Balaban J connectivity index is 1.52. The summed E-state index contributed by atoms with van der Waals surface area (Å²) < 4.78 is 121. The lowest BCUT2D eigenvalue weighted by atomic mass is 10.1. The second-order valence-corrected chi connectivity index (χ2v) is 10.4. The van der Waals surface area contributed by atoms with E-state index < -0.39 is 47.2 Å². The molecule has 2 heterocycles. The molecule has 0 unspecified atom stereocenters. The highest BCUT2D eigenvalue weighted by atomic mass is 32.2. The van der Waals surface area contributed by atoms with Crippen LogP contribution in [0.25, 0.3) is 0 Å². The Hall–Kier alpha value is -3.21. The summed E-state index contributed by atoms with van der Waals surface area (Å²) >= 11 is 0. The molecule has 3 N–H and O–H groups in total. The molecular weight excluding hydrogens is 488 g/mol. The number of likely N-dealkylation sites (tertiary alicyclic amines) is 1. The third-order valence-corrected chi connectivity index (χ3v) is 6.79. The number of hydrogen-bond acceptors (Lipinski definition) is 8. The molecule has 1 fully saturated rings. The molecule has 1 aliphatic heterocycles. The van der Waals surface area contributed by atoms with Gasteiger partial charge >= 0.3 is 0 Å². The summed E-state index contributed by atoms with van der Waals surface area (Å²) in [5.41, 5.74) is -1.85. The van der Waals surface area contributed by atoms with Crippen molar-refractivity contribution in [3.8, 4) is 5.75 Å². The number of ether oxygens (including phenoxy) is 1. The van der Waals surface area contributed by atoms with Gasteiger partial charge in [0.1, 0.15) is 18.1 Å². The molecule has 0 bridgehead atoms. The van der Waals surface area contributed by atoms with E-state index in [1.807, 2.05) is 4.72 Å². The lowest BCUT2D eigenvalue weighted by Crippen LogP contribution is -2.40. The van der Waals surface area contributed by atoms with Gasteiger partial charge in [0.25, 0.3) is 0 Å². The van der Waals surface area contributed by atoms with Gasteiger partial charge in [-0.1, -0.05) is 6.07 Å². The smallest absolute Gasteiger partial charge is 0.241 e. The van der Waals surface area contributed by atoms with Gasteiger partial charge in [0.2, 0.25) is 16.0 Å². The monoisotopic (exact) mass is 535 g/mol.